The van der Waals surface area contributed by atoms with Crippen LogP contribution in [0.3, 0.4) is 0 Å². The van der Waals surface area contributed by atoms with Crippen LogP contribution in [-0.4, -0.2) is 46.7 Å². The number of nitrogens with zero attached hydrogens (tertiary/aromatic N) is 2. The fourth-order valence-electron chi connectivity index (χ4n) is 5.44. The highest BCUT2D eigenvalue weighted by molar-refractivity contribution is 5.97. The topological polar surface area (TPSA) is 173 Å². The molecule has 0 spiro atoms. The van der Waals surface area contributed by atoms with Crippen molar-refractivity contribution in [3.8, 4) is 0 Å². The van der Waals surface area contributed by atoms with Crippen molar-refractivity contribution in [2.45, 2.75) is 63.1 Å². The summed E-state index contributed by atoms with van der Waals surface area (Å²) in [6.45, 7) is 0. The minimum absolute atomic E-state index is 0.135. The van der Waals surface area contributed by atoms with Gasteiger partial charge in [0.05, 0.1) is 0 Å². The number of nitrogens with one attached hydrogen (secondary N) is 3. The molecule has 1 aromatic carbocycles. The van der Waals surface area contributed by atoms with E-state index in [1.807, 2.05) is 36.1 Å². The van der Waals surface area contributed by atoms with Crippen LogP contribution < -0.4 is 32.0 Å². The predicted molar refractivity (Wildman–Crippen MR) is 161 cm³/mol. The molecule has 7 N–H and O–H groups in total. The summed E-state index contributed by atoms with van der Waals surface area (Å²) < 4.78 is 1.85. The lowest BCUT2D eigenvalue weighted by atomic mass is 9.83. The van der Waals surface area contributed by atoms with Crippen LogP contribution in [0.25, 0.3) is 0 Å². The number of carbonyl (C=O) groups is 4. The minimum Gasteiger partial charge on any atom is -0.399 e. The zero-order valence-electron chi connectivity index (χ0n) is 24.4. The summed E-state index contributed by atoms with van der Waals surface area (Å²) in [6, 6.07) is 12.8. The highest BCUT2D eigenvalue weighted by Crippen LogP contribution is 2.27. The van der Waals surface area contributed by atoms with Crippen LogP contribution >= 0.6 is 0 Å². The normalized spacial score (nSPS) is 15.5. The molecule has 43 heavy (non-hydrogen) atoms. The van der Waals surface area contributed by atoms with Crippen molar-refractivity contribution in [3.05, 3.63) is 90.0 Å². The molecule has 1 fully saturated rings. The SMILES string of the molecule is C[n+]1cccc(C[C@H](NC(=O)[C@@H](NC(=O)[C@H](Cc2ccc(N)cc2)NC(=O)c2ccccn2)C2CCCCC2)C(N)=O)c1. The van der Waals surface area contributed by atoms with Gasteiger partial charge in [-0.05, 0) is 54.7 Å². The van der Waals surface area contributed by atoms with Gasteiger partial charge in [-0.25, -0.2) is 4.57 Å². The first-order valence-electron chi connectivity index (χ1n) is 14.6. The molecule has 2 aromatic heterocycles. The van der Waals surface area contributed by atoms with Gasteiger partial charge < -0.3 is 27.4 Å². The molecule has 2 heterocycles. The maximum atomic E-state index is 13.8. The van der Waals surface area contributed by atoms with E-state index in [0.717, 1.165) is 43.2 Å². The number of nitrogens with two attached hydrogens (primary N) is 2. The van der Waals surface area contributed by atoms with Crippen molar-refractivity contribution in [1.29, 1.82) is 0 Å². The Balaban J connectivity index is 1.55. The van der Waals surface area contributed by atoms with Crippen molar-refractivity contribution in [2.24, 2.45) is 18.7 Å². The maximum absolute atomic E-state index is 13.8. The molecule has 3 atom stereocenters. The maximum Gasteiger partial charge on any atom is 0.270 e. The average molecular weight is 587 g/mol. The molecule has 3 aromatic rings. The molecule has 0 bridgehead atoms. The van der Waals surface area contributed by atoms with E-state index in [0.29, 0.717) is 5.69 Å². The summed E-state index contributed by atoms with van der Waals surface area (Å²) in [6.07, 6.45) is 9.99. The molecule has 1 aliphatic rings. The first kappa shape index (κ1) is 31.1. The van der Waals surface area contributed by atoms with Gasteiger partial charge in [0, 0.05) is 36.4 Å². The Hall–Kier alpha value is -4.80. The van der Waals surface area contributed by atoms with Crippen LogP contribution in [0.2, 0.25) is 0 Å². The standard InChI is InChI=1S/C32H39N7O4/c1-39-17-7-8-22(20-39)19-26(29(34)40)36-32(43)28(23-9-3-2-4-10-23)38-31(42)27(18-21-12-14-24(33)15-13-21)37-30(41)25-11-5-6-16-35-25/h5-8,11-17,20,23,26-28H,2-4,9-10,18-19,33H2,1H3,(H4-,34,36,37,38,40,41,42,43)/p+1/t26-,27-,28-/m0/s1. The van der Waals surface area contributed by atoms with E-state index in [-0.39, 0.29) is 24.5 Å². The van der Waals surface area contributed by atoms with E-state index in [4.69, 9.17) is 11.5 Å². The number of rotatable bonds is 12. The van der Waals surface area contributed by atoms with Gasteiger partial charge in [-0.15, -0.1) is 0 Å². The van der Waals surface area contributed by atoms with Crippen molar-refractivity contribution in [1.82, 2.24) is 20.9 Å². The third-order valence-electron chi connectivity index (χ3n) is 7.74. The number of primary amides is 1. The van der Waals surface area contributed by atoms with Crippen LogP contribution in [-0.2, 0) is 34.3 Å². The second kappa shape index (κ2) is 14.9. The summed E-state index contributed by atoms with van der Waals surface area (Å²) in [5, 5.41) is 8.51. The van der Waals surface area contributed by atoms with Gasteiger partial charge >= 0.3 is 0 Å². The third-order valence-corrected chi connectivity index (χ3v) is 7.74. The second-order valence-electron chi connectivity index (χ2n) is 11.1. The molecule has 1 aliphatic carbocycles. The van der Waals surface area contributed by atoms with Gasteiger partial charge in [0.15, 0.2) is 12.4 Å². The lowest BCUT2D eigenvalue weighted by molar-refractivity contribution is -0.671. The number of carbonyl (C=O) groups excluding carboxylic acids is 4. The van der Waals surface area contributed by atoms with E-state index in [1.54, 1.807) is 42.5 Å². The van der Waals surface area contributed by atoms with Crippen molar-refractivity contribution in [3.63, 3.8) is 0 Å². The van der Waals surface area contributed by atoms with Crippen molar-refractivity contribution in [2.75, 3.05) is 5.73 Å². The quantitative estimate of drug-likeness (QED) is 0.157. The molecule has 11 heteroatoms. The van der Waals surface area contributed by atoms with E-state index < -0.39 is 41.8 Å². The van der Waals surface area contributed by atoms with E-state index in [9.17, 15) is 19.2 Å². The van der Waals surface area contributed by atoms with Crippen LogP contribution in [0.1, 0.15) is 53.7 Å². The first-order chi connectivity index (χ1) is 20.7. The number of aryl methyl sites for hydroxylation is 1. The fraction of sp³-hybridized carbons (Fsp3) is 0.375. The second-order valence-corrected chi connectivity index (χ2v) is 11.1. The van der Waals surface area contributed by atoms with E-state index in [2.05, 4.69) is 20.9 Å². The molecule has 226 valence electrons. The summed E-state index contributed by atoms with van der Waals surface area (Å²) in [5.41, 5.74) is 13.9. The number of hydrogen-bond donors (Lipinski definition) is 5. The van der Waals surface area contributed by atoms with Gasteiger partial charge in [-0.3, -0.25) is 24.2 Å². The largest absolute Gasteiger partial charge is 0.399 e. The van der Waals surface area contributed by atoms with Gasteiger partial charge in [-0.1, -0.05) is 37.5 Å². The third kappa shape index (κ3) is 9.09. The smallest absolute Gasteiger partial charge is 0.270 e. The summed E-state index contributed by atoms with van der Waals surface area (Å²) >= 11 is 0. The molecule has 0 aliphatic heterocycles. The first-order valence-corrected chi connectivity index (χ1v) is 14.6. The average Bonchev–Trinajstić information content (AvgIpc) is 3.01. The molecule has 1 saturated carbocycles. The van der Waals surface area contributed by atoms with Gasteiger partial charge in [0.25, 0.3) is 5.91 Å². The van der Waals surface area contributed by atoms with Crippen molar-refractivity contribution >= 4 is 29.3 Å². The Morgan fingerprint density at radius 3 is 2.23 bits per heavy atom. The molecule has 0 saturated heterocycles. The minimum atomic E-state index is -1.01. The van der Waals surface area contributed by atoms with Crippen LogP contribution in [0.4, 0.5) is 5.69 Å². The summed E-state index contributed by atoms with van der Waals surface area (Å²) in [4.78, 5) is 57.1. The Labute approximate surface area is 251 Å². The predicted octanol–water partition coefficient (Wildman–Crippen LogP) is 1.11. The fourth-order valence-corrected chi connectivity index (χ4v) is 5.44. The molecule has 0 radical (unpaired) electrons. The Morgan fingerprint density at radius 1 is 0.860 bits per heavy atom. The lowest BCUT2D eigenvalue weighted by Gasteiger charge is -2.32. The monoisotopic (exact) mass is 586 g/mol. The van der Waals surface area contributed by atoms with Gasteiger partial charge in [0.1, 0.15) is 30.9 Å². The van der Waals surface area contributed by atoms with Crippen molar-refractivity contribution < 1.29 is 23.7 Å². The highest BCUT2D eigenvalue weighted by Gasteiger charge is 2.35. The van der Waals surface area contributed by atoms with Gasteiger partial charge in [-0.2, -0.15) is 0 Å². The Morgan fingerprint density at radius 2 is 1.58 bits per heavy atom. The van der Waals surface area contributed by atoms with Crippen LogP contribution in [0.5, 0.6) is 0 Å². The van der Waals surface area contributed by atoms with Crippen LogP contribution in [0.15, 0.2) is 73.2 Å². The number of pyridine rings is 2. The Kier molecular flexibility index (Phi) is 10.8. The Bertz CT molecular complexity index is 1410. The summed E-state index contributed by atoms with van der Waals surface area (Å²) in [5.74, 6) is -2.31. The van der Waals surface area contributed by atoms with E-state index >= 15 is 0 Å². The van der Waals surface area contributed by atoms with E-state index in [1.165, 1.54) is 6.20 Å². The highest BCUT2D eigenvalue weighted by atomic mass is 16.2. The molecule has 0 unspecified atom stereocenters. The zero-order valence-corrected chi connectivity index (χ0v) is 24.4. The number of aromatic nitrogens is 2. The molecular weight excluding hydrogens is 546 g/mol. The molecule has 4 amide bonds. The molecule has 11 nitrogen and oxygen atoms in total. The zero-order chi connectivity index (χ0) is 30.8. The lowest BCUT2D eigenvalue weighted by Crippen LogP contribution is -2.59. The van der Waals surface area contributed by atoms with Crippen LogP contribution in [0, 0.1) is 5.92 Å². The molecule has 4 rings (SSSR count). The summed E-state index contributed by atoms with van der Waals surface area (Å²) in [7, 11) is 1.86. The molecular formula is C32H40N7O4+. The number of hydrogen-bond acceptors (Lipinski definition) is 6. The number of benzene rings is 1. The van der Waals surface area contributed by atoms with Gasteiger partial charge in [0.2, 0.25) is 17.7 Å². The number of anilines is 1. The number of amides is 4. The number of nitrogen functional groups attached to an aromatic ring is 1.